The van der Waals surface area contributed by atoms with Gasteiger partial charge in [-0.1, -0.05) is 11.3 Å². The van der Waals surface area contributed by atoms with Gasteiger partial charge >= 0.3 is 0 Å². The third-order valence-electron chi connectivity index (χ3n) is 3.91. The summed E-state index contributed by atoms with van der Waals surface area (Å²) in [5, 5.41) is 8.20. The fraction of sp³-hybridized carbons (Fsp3) is 0.562. The van der Waals surface area contributed by atoms with Gasteiger partial charge in [0.2, 0.25) is 0 Å². The molecule has 1 fully saturated rings. The van der Waals surface area contributed by atoms with Crippen molar-refractivity contribution >= 4 is 22.4 Å². The zero-order valence-corrected chi connectivity index (χ0v) is 14.9. The number of carbonyl (C=O) groups is 1. The standard InChI is InChI=1S/C16H23N5O2S/c1-3-17-16-19-12(2)14(24-16)15(22)20-7-5-9-23-13(10-20)11-21-8-4-6-18-21/h4,6,8,13H,3,5,7,9-11H2,1-2H3,(H,17,19). The van der Waals surface area contributed by atoms with E-state index < -0.39 is 0 Å². The summed E-state index contributed by atoms with van der Waals surface area (Å²) in [7, 11) is 0. The third kappa shape index (κ3) is 3.93. The minimum Gasteiger partial charge on any atom is -0.374 e. The zero-order valence-electron chi connectivity index (χ0n) is 14.1. The molecule has 1 unspecified atom stereocenters. The Morgan fingerprint density at radius 1 is 1.54 bits per heavy atom. The monoisotopic (exact) mass is 349 g/mol. The number of nitrogens with one attached hydrogen (secondary N) is 1. The first kappa shape index (κ1) is 16.9. The highest BCUT2D eigenvalue weighted by Gasteiger charge is 2.26. The number of ether oxygens (including phenoxy) is 1. The first-order valence-corrected chi connectivity index (χ1v) is 9.08. The highest BCUT2D eigenvalue weighted by Crippen LogP contribution is 2.24. The molecule has 130 valence electrons. The lowest BCUT2D eigenvalue weighted by atomic mass is 10.2. The van der Waals surface area contributed by atoms with Crippen LogP contribution in [0.15, 0.2) is 18.5 Å². The number of aryl methyl sites for hydroxylation is 1. The van der Waals surface area contributed by atoms with Crippen molar-refractivity contribution in [1.29, 1.82) is 0 Å². The van der Waals surface area contributed by atoms with E-state index in [1.807, 2.05) is 35.7 Å². The number of rotatable bonds is 5. The Labute approximate surface area is 145 Å². The smallest absolute Gasteiger partial charge is 0.266 e. The number of hydrogen-bond donors (Lipinski definition) is 1. The van der Waals surface area contributed by atoms with Gasteiger partial charge in [-0.15, -0.1) is 0 Å². The first-order chi connectivity index (χ1) is 11.7. The minimum absolute atomic E-state index is 0.0437. The summed E-state index contributed by atoms with van der Waals surface area (Å²) >= 11 is 1.43. The number of hydrogen-bond acceptors (Lipinski definition) is 6. The topological polar surface area (TPSA) is 72.3 Å². The highest BCUT2D eigenvalue weighted by molar-refractivity contribution is 7.17. The predicted molar refractivity (Wildman–Crippen MR) is 93.5 cm³/mol. The Morgan fingerprint density at radius 3 is 3.17 bits per heavy atom. The van der Waals surface area contributed by atoms with Crippen molar-refractivity contribution in [2.75, 3.05) is 31.6 Å². The molecule has 3 rings (SSSR count). The Balaban J connectivity index is 1.70. The van der Waals surface area contributed by atoms with E-state index in [1.165, 1.54) is 11.3 Å². The van der Waals surface area contributed by atoms with Gasteiger partial charge in [-0.05, 0) is 26.3 Å². The van der Waals surface area contributed by atoms with Gasteiger partial charge < -0.3 is 15.0 Å². The highest BCUT2D eigenvalue weighted by atomic mass is 32.1. The van der Waals surface area contributed by atoms with E-state index >= 15 is 0 Å². The van der Waals surface area contributed by atoms with Crippen LogP contribution in [0.1, 0.15) is 28.7 Å². The molecule has 0 aliphatic carbocycles. The van der Waals surface area contributed by atoms with Gasteiger partial charge in [0, 0.05) is 38.6 Å². The normalized spacial score (nSPS) is 18.4. The van der Waals surface area contributed by atoms with Crippen LogP contribution in [0.3, 0.4) is 0 Å². The molecule has 0 bridgehead atoms. The van der Waals surface area contributed by atoms with Crippen molar-refractivity contribution in [2.24, 2.45) is 0 Å². The van der Waals surface area contributed by atoms with E-state index in [4.69, 9.17) is 4.74 Å². The lowest BCUT2D eigenvalue weighted by Crippen LogP contribution is -2.38. The molecule has 1 N–H and O–H groups in total. The fourth-order valence-corrected chi connectivity index (χ4v) is 3.77. The van der Waals surface area contributed by atoms with Crippen LogP contribution in [-0.4, -0.2) is 57.9 Å². The molecule has 1 saturated heterocycles. The van der Waals surface area contributed by atoms with Crippen LogP contribution in [0.5, 0.6) is 0 Å². The molecule has 7 nitrogen and oxygen atoms in total. The van der Waals surface area contributed by atoms with E-state index in [2.05, 4.69) is 15.4 Å². The van der Waals surface area contributed by atoms with Crippen LogP contribution in [-0.2, 0) is 11.3 Å². The second-order valence-corrected chi connectivity index (χ2v) is 6.79. The summed E-state index contributed by atoms with van der Waals surface area (Å²) in [4.78, 5) is 20.0. The van der Waals surface area contributed by atoms with Gasteiger partial charge in [0.25, 0.3) is 5.91 Å². The predicted octanol–water partition coefficient (Wildman–Crippen LogP) is 2.01. The van der Waals surface area contributed by atoms with Gasteiger partial charge in [-0.25, -0.2) is 4.98 Å². The van der Waals surface area contributed by atoms with Gasteiger partial charge in [0.1, 0.15) is 4.88 Å². The average Bonchev–Trinajstić information content (AvgIpc) is 3.12. The second kappa shape index (κ2) is 7.76. The molecule has 1 aliphatic heterocycles. The molecule has 0 aromatic carbocycles. The molecular formula is C16H23N5O2S. The van der Waals surface area contributed by atoms with Crippen LogP contribution >= 0.6 is 11.3 Å². The molecule has 8 heteroatoms. The van der Waals surface area contributed by atoms with E-state index in [0.29, 0.717) is 31.1 Å². The SMILES string of the molecule is CCNc1nc(C)c(C(=O)N2CCCOC(Cn3cccn3)C2)s1. The van der Waals surface area contributed by atoms with Crippen LogP contribution in [0.4, 0.5) is 5.13 Å². The third-order valence-corrected chi connectivity index (χ3v) is 5.01. The second-order valence-electron chi connectivity index (χ2n) is 5.79. The van der Waals surface area contributed by atoms with Crippen LogP contribution < -0.4 is 5.32 Å². The van der Waals surface area contributed by atoms with Crippen molar-refractivity contribution in [3.8, 4) is 0 Å². The number of anilines is 1. The number of carbonyl (C=O) groups excluding carboxylic acids is 1. The first-order valence-electron chi connectivity index (χ1n) is 8.27. The van der Waals surface area contributed by atoms with E-state index in [1.54, 1.807) is 6.20 Å². The zero-order chi connectivity index (χ0) is 16.9. The fourth-order valence-electron chi connectivity index (χ4n) is 2.77. The van der Waals surface area contributed by atoms with Crippen molar-refractivity contribution in [3.05, 3.63) is 29.0 Å². The summed E-state index contributed by atoms with van der Waals surface area (Å²) in [5.74, 6) is 0.0464. The largest absolute Gasteiger partial charge is 0.374 e. The molecule has 2 aromatic rings. The lowest BCUT2D eigenvalue weighted by Gasteiger charge is -2.23. The summed E-state index contributed by atoms with van der Waals surface area (Å²) in [6.07, 6.45) is 4.47. The Hall–Kier alpha value is -1.93. The number of nitrogens with zero attached hydrogens (tertiary/aromatic N) is 4. The Morgan fingerprint density at radius 2 is 2.42 bits per heavy atom. The number of thiazole rings is 1. The maximum Gasteiger partial charge on any atom is 0.266 e. The van der Waals surface area contributed by atoms with Crippen molar-refractivity contribution in [3.63, 3.8) is 0 Å². The van der Waals surface area contributed by atoms with Gasteiger partial charge in [-0.3, -0.25) is 9.48 Å². The van der Waals surface area contributed by atoms with E-state index in [9.17, 15) is 4.79 Å². The van der Waals surface area contributed by atoms with Crippen LogP contribution in [0, 0.1) is 6.92 Å². The molecule has 1 amide bonds. The molecule has 1 atom stereocenters. The molecule has 0 radical (unpaired) electrons. The maximum absolute atomic E-state index is 12.9. The summed E-state index contributed by atoms with van der Waals surface area (Å²) in [6, 6.07) is 1.89. The van der Waals surface area contributed by atoms with Crippen molar-refractivity contribution in [2.45, 2.75) is 32.9 Å². The minimum atomic E-state index is -0.0437. The molecule has 0 spiro atoms. The van der Waals surface area contributed by atoms with Gasteiger partial charge in [0.15, 0.2) is 5.13 Å². The molecule has 3 heterocycles. The quantitative estimate of drug-likeness (QED) is 0.894. The summed E-state index contributed by atoms with van der Waals surface area (Å²) in [6.45, 7) is 7.31. The number of amides is 1. The number of aromatic nitrogens is 3. The lowest BCUT2D eigenvalue weighted by molar-refractivity contribution is 0.0368. The van der Waals surface area contributed by atoms with Crippen molar-refractivity contribution < 1.29 is 9.53 Å². The molecular weight excluding hydrogens is 326 g/mol. The molecule has 2 aromatic heterocycles. The van der Waals surface area contributed by atoms with Crippen molar-refractivity contribution in [1.82, 2.24) is 19.7 Å². The van der Waals surface area contributed by atoms with Gasteiger partial charge in [0.05, 0.1) is 18.3 Å². The molecule has 1 aliphatic rings. The average molecular weight is 349 g/mol. The van der Waals surface area contributed by atoms with E-state index in [0.717, 1.165) is 23.8 Å². The van der Waals surface area contributed by atoms with Gasteiger partial charge in [-0.2, -0.15) is 5.10 Å². The Bertz CT molecular complexity index is 670. The molecule has 24 heavy (non-hydrogen) atoms. The maximum atomic E-state index is 12.9. The van der Waals surface area contributed by atoms with E-state index in [-0.39, 0.29) is 12.0 Å². The summed E-state index contributed by atoms with van der Waals surface area (Å²) < 4.78 is 7.73. The van der Waals surface area contributed by atoms with Crippen LogP contribution in [0.2, 0.25) is 0 Å². The Kier molecular flexibility index (Phi) is 5.47. The molecule has 0 saturated carbocycles. The summed E-state index contributed by atoms with van der Waals surface area (Å²) in [5.41, 5.74) is 0.787. The van der Waals surface area contributed by atoms with Crippen LogP contribution in [0.25, 0.3) is 0 Å².